The molecule has 0 amide bonds. The minimum Gasteiger partial charge on any atom is -0.496 e. The Hall–Kier alpha value is -0.770. The number of hydrogen-bond acceptors (Lipinski definition) is 3. The summed E-state index contributed by atoms with van der Waals surface area (Å²) in [5.74, 6) is 0.815. The largest absolute Gasteiger partial charge is 0.496 e. The van der Waals surface area contributed by atoms with Crippen LogP contribution < -0.4 is 10.2 Å². The molecule has 0 aliphatic rings. The standard InChI is InChI=1S/C11H16ClNO2/c1-7-5-8(2)11(14-3)9(10(7)12)6-13-15-4/h5,13H,6H2,1-4H3. The van der Waals surface area contributed by atoms with Gasteiger partial charge in [0.1, 0.15) is 5.75 Å². The molecule has 0 aliphatic carbocycles. The fourth-order valence-corrected chi connectivity index (χ4v) is 1.82. The van der Waals surface area contributed by atoms with E-state index in [0.717, 1.165) is 27.5 Å². The summed E-state index contributed by atoms with van der Waals surface area (Å²) in [6.07, 6.45) is 0. The van der Waals surface area contributed by atoms with Crippen LogP contribution in [0, 0.1) is 13.8 Å². The first kappa shape index (κ1) is 12.3. The Morgan fingerprint density at radius 1 is 1.27 bits per heavy atom. The predicted octanol–water partition coefficient (Wildman–Crippen LogP) is 2.62. The van der Waals surface area contributed by atoms with E-state index in [-0.39, 0.29) is 0 Å². The van der Waals surface area contributed by atoms with E-state index in [1.807, 2.05) is 19.9 Å². The van der Waals surface area contributed by atoms with Crippen molar-refractivity contribution in [1.29, 1.82) is 0 Å². The Labute approximate surface area is 95.3 Å². The van der Waals surface area contributed by atoms with Gasteiger partial charge in [0.2, 0.25) is 0 Å². The van der Waals surface area contributed by atoms with Crippen LogP contribution >= 0.6 is 11.6 Å². The lowest BCUT2D eigenvalue weighted by atomic mass is 10.1. The van der Waals surface area contributed by atoms with E-state index in [4.69, 9.17) is 21.2 Å². The number of rotatable bonds is 4. The van der Waals surface area contributed by atoms with E-state index in [0.29, 0.717) is 6.54 Å². The number of hydrogen-bond donors (Lipinski definition) is 1. The Bertz CT molecular complexity index is 353. The van der Waals surface area contributed by atoms with Gasteiger partial charge in [0.15, 0.2) is 0 Å². The molecule has 4 heteroatoms. The molecule has 0 atom stereocenters. The predicted molar refractivity (Wildman–Crippen MR) is 61.3 cm³/mol. The summed E-state index contributed by atoms with van der Waals surface area (Å²) in [5.41, 5.74) is 5.82. The van der Waals surface area contributed by atoms with E-state index >= 15 is 0 Å². The van der Waals surface area contributed by atoms with Crippen LogP contribution in [0.4, 0.5) is 0 Å². The molecule has 1 N–H and O–H groups in total. The summed E-state index contributed by atoms with van der Waals surface area (Å²) in [7, 11) is 3.22. The van der Waals surface area contributed by atoms with Crippen molar-refractivity contribution in [3.05, 3.63) is 27.8 Å². The summed E-state index contributed by atoms with van der Waals surface area (Å²) in [6, 6.07) is 2.01. The highest BCUT2D eigenvalue weighted by atomic mass is 35.5. The average molecular weight is 230 g/mol. The van der Waals surface area contributed by atoms with Gasteiger partial charge in [0, 0.05) is 5.56 Å². The van der Waals surface area contributed by atoms with Crippen LogP contribution in [0.3, 0.4) is 0 Å². The Morgan fingerprint density at radius 3 is 2.47 bits per heavy atom. The summed E-state index contributed by atoms with van der Waals surface area (Å²) < 4.78 is 5.33. The first-order chi connectivity index (χ1) is 7.11. The molecule has 1 aromatic rings. The highest BCUT2D eigenvalue weighted by Gasteiger charge is 2.13. The SMILES string of the molecule is CONCc1c(Cl)c(C)cc(C)c1OC. The third-order valence-electron chi connectivity index (χ3n) is 2.27. The molecule has 3 nitrogen and oxygen atoms in total. The van der Waals surface area contributed by atoms with Crippen LogP contribution in [0.1, 0.15) is 16.7 Å². The lowest BCUT2D eigenvalue weighted by Gasteiger charge is -2.15. The smallest absolute Gasteiger partial charge is 0.127 e. The minimum absolute atomic E-state index is 0.529. The first-order valence-electron chi connectivity index (χ1n) is 4.70. The normalized spacial score (nSPS) is 10.5. The molecular weight excluding hydrogens is 214 g/mol. The topological polar surface area (TPSA) is 30.5 Å². The monoisotopic (exact) mass is 229 g/mol. The molecule has 1 aromatic carbocycles. The summed E-state index contributed by atoms with van der Waals surface area (Å²) >= 11 is 6.21. The maximum atomic E-state index is 6.21. The second kappa shape index (κ2) is 5.35. The van der Waals surface area contributed by atoms with Gasteiger partial charge in [-0.15, -0.1) is 0 Å². The maximum Gasteiger partial charge on any atom is 0.127 e. The third-order valence-corrected chi connectivity index (χ3v) is 2.80. The van der Waals surface area contributed by atoms with Gasteiger partial charge in [-0.05, 0) is 25.0 Å². The summed E-state index contributed by atoms with van der Waals surface area (Å²) in [5, 5.41) is 0.724. The van der Waals surface area contributed by atoms with Crippen molar-refractivity contribution in [2.75, 3.05) is 14.2 Å². The van der Waals surface area contributed by atoms with E-state index < -0.39 is 0 Å². The molecule has 0 saturated carbocycles. The van der Waals surface area contributed by atoms with Gasteiger partial charge in [-0.25, -0.2) is 0 Å². The molecule has 0 bridgehead atoms. The molecule has 0 spiro atoms. The second-order valence-corrected chi connectivity index (χ2v) is 3.74. The van der Waals surface area contributed by atoms with Crippen molar-refractivity contribution < 1.29 is 9.57 Å². The van der Waals surface area contributed by atoms with Gasteiger partial charge in [-0.2, -0.15) is 5.48 Å². The number of nitrogens with one attached hydrogen (secondary N) is 1. The Kier molecular flexibility index (Phi) is 4.39. The molecular formula is C11H16ClNO2. The quantitative estimate of drug-likeness (QED) is 0.806. The molecule has 0 aliphatic heterocycles. The lowest BCUT2D eigenvalue weighted by Crippen LogP contribution is -2.13. The highest BCUT2D eigenvalue weighted by Crippen LogP contribution is 2.32. The zero-order valence-electron chi connectivity index (χ0n) is 9.48. The van der Waals surface area contributed by atoms with E-state index in [1.54, 1.807) is 14.2 Å². The molecule has 84 valence electrons. The van der Waals surface area contributed by atoms with Crippen molar-refractivity contribution in [2.24, 2.45) is 0 Å². The number of halogens is 1. The first-order valence-corrected chi connectivity index (χ1v) is 5.08. The van der Waals surface area contributed by atoms with Gasteiger partial charge in [-0.3, -0.25) is 0 Å². The van der Waals surface area contributed by atoms with Gasteiger partial charge in [0.05, 0.1) is 25.8 Å². The zero-order valence-corrected chi connectivity index (χ0v) is 10.2. The number of hydroxylamine groups is 1. The van der Waals surface area contributed by atoms with Gasteiger partial charge >= 0.3 is 0 Å². The zero-order chi connectivity index (χ0) is 11.4. The molecule has 0 radical (unpaired) electrons. The average Bonchev–Trinajstić information content (AvgIpc) is 2.21. The number of ether oxygens (including phenoxy) is 1. The maximum absolute atomic E-state index is 6.21. The second-order valence-electron chi connectivity index (χ2n) is 3.36. The molecule has 0 aromatic heterocycles. The minimum atomic E-state index is 0.529. The summed E-state index contributed by atoms with van der Waals surface area (Å²) in [4.78, 5) is 4.82. The van der Waals surface area contributed by atoms with Crippen molar-refractivity contribution in [3.63, 3.8) is 0 Å². The van der Waals surface area contributed by atoms with Crippen LogP contribution in [-0.2, 0) is 11.4 Å². The fraction of sp³-hybridized carbons (Fsp3) is 0.455. The van der Waals surface area contributed by atoms with Gasteiger partial charge in [0.25, 0.3) is 0 Å². The number of aryl methyl sites for hydroxylation is 2. The van der Waals surface area contributed by atoms with E-state index in [2.05, 4.69) is 5.48 Å². The molecule has 0 fully saturated rings. The molecule has 1 rings (SSSR count). The summed E-state index contributed by atoms with van der Waals surface area (Å²) in [6.45, 7) is 4.50. The van der Waals surface area contributed by atoms with E-state index in [1.165, 1.54) is 0 Å². The molecule has 0 unspecified atom stereocenters. The Morgan fingerprint density at radius 2 is 1.93 bits per heavy atom. The lowest BCUT2D eigenvalue weighted by molar-refractivity contribution is 0.0861. The fourth-order valence-electron chi connectivity index (χ4n) is 1.62. The van der Waals surface area contributed by atoms with Crippen molar-refractivity contribution in [1.82, 2.24) is 5.48 Å². The third kappa shape index (κ3) is 2.62. The van der Waals surface area contributed by atoms with E-state index in [9.17, 15) is 0 Å². The van der Waals surface area contributed by atoms with Crippen LogP contribution in [0.25, 0.3) is 0 Å². The molecule has 15 heavy (non-hydrogen) atoms. The molecule has 0 saturated heterocycles. The van der Waals surface area contributed by atoms with Gasteiger partial charge < -0.3 is 9.57 Å². The van der Waals surface area contributed by atoms with Crippen molar-refractivity contribution in [2.45, 2.75) is 20.4 Å². The van der Waals surface area contributed by atoms with Crippen LogP contribution in [-0.4, -0.2) is 14.2 Å². The van der Waals surface area contributed by atoms with Gasteiger partial charge in [-0.1, -0.05) is 17.7 Å². The van der Waals surface area contributed by atoms with Crippen LogP contribution in [0.5, 0.6) is 5.75 Å². The number of methoxy groups -OCH3 is 1. The van der Waals surface area contributed by atoms with Crippen LogP contribution in [0.15, 0.2) is 6.07 Å². The number of benzene rings is 1. The van der Waals surface area contributed by atoms with Crippen molar-refractivity contribution >= 4 is 11.6 Å². The highest BCUT2D eigenvalue weighted by molar-refractivity contribution is 6.32. The molecule has 0 heterocycles. The van der Waals surface area contributed by atoms with Crippen molar-refractivity contribution in [3.8, 4) is 5.75 Å². The van der Waals surface area contributed by atoms with Crippen LogP contribution in [0.2, 0.25) is 5.02 Å². The Balaban J connectivity index is 3.18.